The number of rotatable bonds is 3. The Kier molecular flexibility index (Phi) is 5.43. The van der Waals surface area contributed by atoms with Crippen molar-refractivity contribution >= 4 is 33.6 Å². The third-order valence-corrected chi connectivity index (χ3v) is 5.08. The lowest BCUT2D eigenvalue weighted by molar-refractivity contribution is 0.0920. The highest BCUT2D eigenvalue weighted by atomic mass is 79.9. The molecule has 1 aromatic carbocycles. The van der Waals surface area contributed by atoms with E-state index in [9.17, 15) is 13.6 Å². The Hall–Kier alpha value is -0.620. The van der Waals surface area contributed by atoms with E-state index in [1.54, 1.807) is 11.8 Å². The number of benzene rings is 1. The smallest absolute Gasteiger partial charge is 0.257 e. The van der Waals surface area contributed by atoms with Crippen LogP contribution in [0.3, 0.4) is 0 Å². The van der Waals surface area contributed by atoms with Crippen molar-refractivity contribution in [2.45, 2.75) is 37.0 Å². The quantitative estimate of drug-likeness (QED) is 0.874. The van der Waals surface area contributed by atoms with E-state index in [0.717, 1.165) is 37.8 Å². The van der Waals surface area contributed by atoms with E-state index in [4.69, 9.17) is 0 Å². The maximum atomic E-state index is 13.7. The average molecular weight is 364 g/mol. The molecule has 0 aromatic heterocycles. The van der Waals surface area contributed by atoms with Crippen molar-refractivity contribution in [1.82, 2.24) is 5.32 Å². The Morgan fingerprint density at radius 3 is 2.60 bits per heavy atom. The molecule has 0 spiro atoms. The molecule has 1 aliphatic rings. The lowest BCUT2D eigenvalue weighted by Gasteiger charge is -2.28. The van der Waals surface area contributed by atoms with Gasteiger partial charge in [0.05, 0.1) is 0 Å². The Morgan fingerprint density at radius 1 is 1.35 bits per heavy atom. The fraction of sp³-hybridized carbons (Fsp3) is 0.500. The molecule has 1 fully saturated rings. The Bertz CT molecular complexity index is 489. The van der Waals surface area contributed by atoms with Crippen molar-refractivity contribution < 1.29 is 13.6 Å². The van der Waals surface area contributed by atoms with Gasteiger partial charge >= 0.3 is 0 Å². The SMILES string of the molecule is CSC1CCCC(NC(=O)c2c(F)cc(Br)cc2F)C1. The molecular weight excluding hydrogens is 348 g/mol. The van der Waals surface area contributed by atoms with Crippen LogP contribution in [0, 0.1) is 11.6 Å². The maximum absolute atomic E-state index is 13.7. The number of hydrogen-bond donors (Lipinski definition) is 1. The second-order valence-electron chi connectivity index (χ2n) is 4.94. The molecule has 0 heterocycles. The number of amides is 1. The summed E-state index contributed by atoms with van der Waals surface area (Å²) in [6.07, 6.45) is 5.93. The van der Waals surface area contributed by atoms with Crippen molar-refractivity contribution in [2.75, 3.05) is 6.26 Å². The van der Waals surface area contributed by atoms with Gasteiger partial charge in [-0.1, -0.05) is 22.4 Å². The summed E-state index contributed by atoms with van der Waals surface area (Å²) in [7, 11) is 0. The Morgan fingerprint density at radius 2 is 2.00 bits per heavy atom. The van der Waals surface area contributed by atoms with Gasteiger partial charge in [0.2, 0.25) is 0 Å². The van der Waals surface area contributed by atoms with Crippen molar-refractivity contribution in [3.05, 3.63) is 33.8 Å². The standard InChI is InChI=1S/C14H16BrF2NOS/c1-20-10-4-2-3-9(7-10)18-14(19)13-11(16)5-8(15)6-12(13)17/h5-6,9-10H,2-4,7H2,1H3,(H,18,19). The van der Waals surface area contributed by atoms with Crippen LogP contribution in [0.15, 0.2) is 16.6 Å². The number of hydrogen-bond acceptors (Lipinski definition) is 2. The first-order valence-corrected chi connectivity index (χ1v) is 8.57. The summed E-state index contributed by atoms with van der Waals surface area (Å²) in [5.74, 6) is -2.35. The van der Waals surface area contributed by atoms with E-state index < -0.39 is 23.1 Å². The first kappa shape index (κ1) is 15.8. The highest BCUT2D eigenvalue weighted by Crippen LogP contribution is 2.27. The van der Waals surface area contributed by atoms with E-state index in [-0.39, 0.29) is 10.5 Å². The number of nitrogens with one attached hydrogen (secondary N) is 1. The second-order valence-corrected chi connectivity index (χ2v) is 6.99. The Balaban J connectivity index is 2.09. The van der Waals surface area contributed by atoms with Crippen LogP contribution < -0.4 is 5.32 Å². The minimum Gasteiger partial charge on any atom is -0.349 e. The van der Waals surface area contributed by atoms with Crippen LogP contribution in [0.2, 0.25) is 0 Å². The molecule has 0 radical (unpaired) electrons. The van der Waals surface area contributed by atoms with Crippen molar-refractivity contribution in [1.29, 1.82) is 0 Å². The predicted octanol–water partition coefficient (Wildman–Crippen LogP) is 4.13. The molecule has 0 bridgehead atoms. The predicted molar refractivity (Wildman–Crippen MR) is 81.1 cm³/mol. The zero-order valence-electron chi connectivity index (χ0n) is 11.1. The van der Waals surface area contributed by atoms with Gasteiger partial charge in [-0.05, 0) is 37.7 Å². The third kappa shape index (κ3) is 3.73. The molecule has 2 rings (SSSR count). The normalized spacial score (nSPS) is 22.6. The zero-order valence-corrected chi connectivity index (χ0v) is 13.5. The summed E-state index contributed by atoms with van der Waals surface area (Å²) in [5, 5.41) is 3.26. The first-order chi connectivity index (χ1) is 9.51. The summed E-state index contributed by atoms with van der Waals surface area (Å²) in [6, 6.07) is 2.20. The van der Waals surface area contributed by atoms with Crippen LogP contribution in [0.1, 0.15) is 36.0 Å². The van der Waals surface area contributed by atoms with Crippen LogP contribution in [-0.2, 0) is 0 Å². The molecule has 0 aliphatic heterocycles. The van der Waals surface area contributed by atoms with Gasteiger partial charge in [0.25, 0.3) is 5.91 Å². The third-order valence-electron chi connectivity index (χ3n) is 3.53. The highest BCUT2D eigenvalue weighted by molar-refractivity contribution is 9.10. The molecule has 1 aromatic rings. The van der Waals surface area contributed by atoms with Crippen LogP contribution >= 0.6 is 27.7 Å². The van der Waals surface area contributed by atoms with Gasteiger partial charge in [0.1, 0.15) is 17.2 Å². The number of carbonyl (C=O) groups is 1. The molecule has 0 saturated heterocycles. The highest BCUT2D eigenvalue weighted by Gasteiger charge is 2.25. The minimum absolute atomic E-state index is 0.00357. The largest absolute Gasteiger partial charge is 0.349 e. The molecule has 110 valence electrons. The van der Waals surface area contributed by atoms with E-state index >= 15 is 0 Å². The topological polar surface area (TPSA) is 29.1 Å². The summed E-state index contributed by atoms with van der Waals surface area (Å²) >= 11 is 4.77. The number of carbonyl (C=O) groups excluding carboxylic acids is 1. The monoisotopic (exact) mass is 363 g/mol. The number of halogens is 3. The lowest BCUT2D eigenvalue weighted by atomic mass is 9.94. The molecular formula is C14H16BrF2NOS. The van der Waals surface area contributed by atoms with Crippen LogP contribution in [0.4, 0.5) is 8.78 Å². The first-order valence-electron chi connectivity index (χ1n) is 6.49. The molecule has 20 heavy (non-hydrogen) atoms. The van der Waals surface area contributed by atoms with Gasteiger partial charge < -0.3 is 5.32 Å². The molecule has 1 saturated carbocycles. The molecule has 1 N–H and O–H groups in total. The van der Waals surface area contributed by atoms with Crippen LogP contribution in [0.25, 0.3) is 0 Å². The molecule has 1 amide bonds. The van der Waals surface area contributed by atoms with Crippen molar-refractivity contribution in [3.8, 4) is 0 Å². The number of thioether (sulfide) groups is 1. The van der Waals surface area contributed by atoms with Gasteiger partial charge in [0, 0.05) is 15.8 Å². The van der Waals surface area contributed by atoms with E-state index in [1.165, 1.54) is 0 Å². The van der Waals surface area contributed by atoms with Gasteiger partial charge in [-0.25, -0.2) is 8.78 Å². The fourth-order valence-corrected chi connectivity index (χ4v) is 3.74. The van der Waals surface area contributed by atoms with Gasteiger partial charge in [-0.3, -0.25) is 4.79 Å². The van der Waals surface area contributed by atoms with Crippen LogP contribution in [0.5, 0.6) is 0 Å². The molecule has 2 unspecified atom stereocenters. The van der Waals surface area contributed by atoms with Crippen molar-refractivity contribution in [2.24, 2.45) is 0 Å². The lowest BCUT2D eigenvalue weighted by Crippen LogP contribution is -2.39. The van der Waals surface area contributed by atoms with Crippen molar-refractivity contribution in [3.63, 3.8) is 0 Å². The Labute approximate surface area is 129 Å². The summed E-state index contributed by atoms with van der Waals surface area (Å²) in [4.78, 5) is 12.0. The summed E-state index contributed by atoms with van der Waals surface area (Å²) in [5.41, 5.74) is -0.500. The minimum atomic E-state index is -0.841. The van der Waals surface area contributed by atoms with Gasteiger partial charge in [-0.15, -0.1) is 0 Å². The molecule has 1 aliphatic carbocycles. The van der Waals surface area contributed by atoms with Gasteiger partial charge in [-0.2, -0.15) is 11.8 Å². The molecule has 2 nitrogen and oxygen atoms in total. The average Bonchev–Trinajstić information content (AvgIpc) is 2.37. The van der Waals surface area contributed by atoms with Crippen LogP contribution in [-0.4, -0.2) is 23.5 Å². The van der Waals surface area contributed by atoms with E-state index in [2.05, 4.69) is 21.2 Å². The molecule has 2 atom stereocenters. The molecule has 6 heteroatoms. The van der Waals surface area contributed by atoms with Gasteiger partial charge in [0.15, 0.2) is 0 Å². The van der Waals surface area contributed by atoms with E-state index in [0.29, 0.717) is 5.25 Å². The van der Waals surface area contributed by atoms with E-state index in [1.807, 2.05) is 6.26 Å². The summed E-state index contributed by atoms with van der Waals surface area (Å²) < 4.78 is 27.7. The zero-order chi connectivity index (χ0) is 14.7. The maximum Gasteiger partial charge on any atom is 0.257 e. The second kappa shape index (κ2) is 6.89. The fourth-order valence-electron chi connectivity index (χ4n) is 2.51. The summed E-state index contributed by atoms with van der Waals surface area (Å²) in [6.45, 7) is 0.